The zero-order chi connectivity index (χ0) is 29.1. The summed E-state index contributed by atoms with van der Waals surface area (Å²) in [6, 6.07) is 0. The minimum Gasteiger partial charge on any atom is -0.481 e. The molecule has 0 unspecified atom stereocenters. The van der Waals surface area contributed by atoms with Crippen LogP contribution in [0.5, 0.6) is 0 Å². The SMILES string of the molecule is O=C(O)CCC(=O)O.O=C(O)CCCC(=O)O.O=C(O)CCCCC(=O)O.O=C(O)COCC(=O)O. The summed E-state index contributed by atoms with van der Waals surface area (Å²) in [5.74, 6) is -8.13. The first-order valence-electron chi connectivity index (χ1n) is 9.83. The molecule has 0 aromatic rings. The van der Waals surface area contributed by atoms with Gasteiger partial charge in [0.25, 0.3) is 0 Å². The summed E-state index contributed by atoms with van der Waals surface area (Å²) in [6.45, 7) is -1.13. The van der Waals surface area contributed by atoms with Gasteiger partial charge in [0.2, 0.25) is 0 Å². The Morgan fingerprint density at radius 1 is 0.333 bits per heavy atom. The Bertz CT molecular complexity index is 625. The number of rotatable bonds is 16. The molecular formula is C19H30O17. The molecule has 0 amide bonds. The van der Waals surface area contributed by atoms with E-state index in [0.717, 1.165) is 0 Å². The standard InChI is InChI=1S/C6H10O4.C5H8O4.C4H6O5.C4H6O4/c7-5(8)3-1-2-4-6(9)10;6-4(7)2-1-3-5(8)9;5-3(6)1-9-2-4(7)8;5-3(6)1-2-4(7)8/h1-4H2,(H,7,8)(H,9,10);1-3H2,(H,6,7)(H,8,9);1-2H2,(H,5,6)(H,7,8);1-2H2,(H,5,6)(H,7,8). The third kappa shape index (κ3) is 63.0. The molecule has 0 rings (SSSR count). The lowest BCUT2D eigenvalue weighted by atomic mass is 10.2. The zero-order valence-electron chi connectivity index (χ0n) is 19.0. The van der Waals surface area contributed by atoms with Gasteiger partial charge in [0.1, 0.15) is 13.2 Å². The van der Waals surface area contributed by atoms with Crippen LogP contribution < -0.4 is 0 Å². The summed E-state index contributed by atoms with van der Waals surface area (Å²) in [5, 5.41) is 63.9. The Balaban J connectivity index is -0.000000190. The summed E-state index contributed by atoms with van der Waals surface area (Å²) in [5.41, 5.74) is 0. The van der Waals surface area contributed by atoms with Gasteiger partial charge in [0.15, 0.2) is 0 Å². The van der Waals surface area contributed by atoms with E-state index in [1.807, 2.05) is 0 Å². The Hall–Kier alpha value is -4.28. The van der Waals surface area contributed by atoms with Crippen LogP contribution in [0.15, 0.2) is 0 Å². The molecule has 208 valence electrons. The highest BCUT2D eigenvalue weighted by Gasteiger charge is 2.01. The Labute approximate surface area is 203 Å². The summed E-state index contributed by atoms with van der Waals surface area (Å²) in [6.07, 6.45) is 0.512. The van der Waals surface area contributed by atoms with E-state index in [9.17, 15) is 38.4 Å². The van der Waals surface area contributed by atoms with E-state index in [4.69, 9.17) is 40.9 Å². The average molecular weight is 530 g/mol. The van der Waals surface area contributed by atoms with Gasteiger partial charge in [-0.25, -0.2) is 9.59 Å². The van der Waals surface area contributed by atoms with Crippen LogP contribution in [0.3, 0.4) is 0 Å². The molecule has 0 fully saturated rings. The minimum absolute atomic E-state index is 0.0628. The van der Waals surface area contributed by atoms with Gasteiger partial charge in [-0.1, -0.05) is 0 Å². The molecule has 17 heteroatoms. The number of hydrogen-bond donors (Lipinski definition) is 8. The second-order valence-electron chi connectivity index (χ2n) is 6.20. The molecule has 0 heterocycles. The van der Waals surface area contributed by atoms with Crippen LogP contribution >= 0.6 is 0 Å². The highest BCUT2D eigenvalue weighted by molar-refractivity contribution is 5.75. The second kappa shape index (κ2) is 27.0. The molecule has 0 saturated heterocycles. The molecular weight excluding hydrogens is 500 g/mol. The Morgan fingerprint density at radius 2 is 0.556 bits per heavy atom. The van der Waals surface area contributed by atoms with Crippen molar-refractivity contribution >= 4 is 47.8 Å². The first-order chi connectivity index (χ1) is 16.5. The van der Waals surface area contributed by atoms with E-state index in [2.05, 4.69) is 4.74 Å². The van der Waals surface area contributed by atoms with Crippen molar-refractivity contribution < 1.29 is 83.9 Å². The molecule has 8 N–H and O–H groups in total. The molecule has 0 saturated carbocycles. The molecule has 0 aromatic heterocycles. The number of ether oxygens (including phenoxy) is 1. The van der Waals surface area contributed by atoms with Gasteiger partial charge >= 0.3 is 47.8 Å². The lowest BCUT2D eigenvalue weighted by Crippen LogP contribution is -2.13. The summed E-state index contributed by atoms with van der Waals surface area (Å²) in [4.78, 5) is 78.0. The van der Waals surface area contributed by atoms with Crippen molar-refractivity contribution in [1.82, 2.24) is 0 Å². The number of unbranched alkanes of at least 4 members (excludes halogenated alkanes) is 1. The molecule has 0 radical (unpaired) electrons. The van der Waals surface area contributed by atoms with Crippen LogP contribution in [-0.2, 0) is 43.1 Å². The van der Waals surface area contributed by atoms with Gasteiger partial charge in [-0.05, 0) is 19.3 Å². The normalized spacial score (nSPS) is 8.89. The van der Waals surface area contributed by atoms with Gasteiger partial charge in [-0.2, -0.15) is 0 Å². The van der Waals surface area contributed by atoms with Crippen LogP contribution in [0.2, 0.25) is 0 Å². The van der Waals surface area contributed by atoms with E-state index in [0.29, 0.717) is 12.8 Å². The number of hydrogen-bond acceptors (Lipinski definition) is 9. The van der Waals surface area contributed by atoms with Crippen molar-refractivity contribution in [3.63, 3.8) is 0 Å². The van der Waals surface area contributed by atoms with Gasteiger partial charge < -0.3 is 45.6 Å². The van der Waals surface area contributed by atoms with Crippen molar-refractivity contribution in [2.75, 3.05) is 13.2 Å². The first-order valence-corrected chi connectivity index (χ1v) is 9.83. The highest BCUT2D eigenvalue weighted by Crippen LogP contribution is 1.98. The first kappa shape index (κ1) is 39.0. The fourth-order valence-electron chi connectivity index (χ4n) is 1.38. The number of aliphatic carboxylic acids is 8. The molecule has 0 bridgehead atoms. The maximum atomic E-state index is 9.90. The molecule has 0 spiro atoms. The maximum absolute atomic E-state index is 9.90. The Morgan fingerprint density at radius 3 is 0.750 bits per heavy atom. The Kier molecular flexibility index (Phi) is 29.2. The van der Waals surface area contributed by atoms with Gasteiger partial charge in [-0.15, -0.1) is 0 Å². The topological polar surface area (TPSA) is 308 Å². The van der Waals surface area contributed by atoms with Crippen molar-refractivity contribution in [3.8, 4) is 0 Å². The van der Waals surface area contributed by atoms with E-state index < -0.39 is 61.0 Å². The largest absolute Gasteiger partial charge is 0.481 e. The summed E-state index contributed by atoms with van der Waals surface area (Å²) < 4.78 is 4.16. The summed E-state index contributed by atoms with van der Waals surface area (Å²) in [7, 11) is 0. The third-order valence-electron chi connectivity index (χ3n) is 2.82. The van der Waals surface area contributed by atoms with Crippen molar-refractivity contribution in [3.05, 3.63) is 0 Å². The third-order valence-corrected chi connectivity index (χ3v) is 2.82. The predicted octanol–water partition coefficient (Wildman–Crippen LogP) is 0.150. The molecule has 0 aliphatic rings. The van der Waals surface area contributed by atoms with Gasteiger partial charge in [0, 0.05) is 25.7 Å². The number of carboxylic acids is 8. The van der Waals surface area contributed by atoms with E-state index in [-0.39, 0.29) is 44.9 Å². The van der Waals surface area contributed by atoms with Crippen molar-refractivity contribution in [1.29, 1.82) is 0 Å². The van der Waals surface area contributed by atoms with E-state index >= 15 is 0 Å². The van der Waals surface area contributed by atoms with Crippen LogP contribution in [-0.4, -0.2) is 102 Å². The maximum Gasteiger partial charge on any atom is 0.329 e. The van der Waals surface area contributed by atoms with Gasteiger partial charge in [0.05, 0.1) is 12.8 Å². The summed E-state index contributed by atoms with van der Waals surface area (Å²) >= 11 is 0. The molecule has 0 atom stereocenters. The molecule has 0 aromatic carbocycles. The van der Waals surface area contributed by atoms with Crippen LogP contribution in [0, 0.1) is 0 Å². The predicted molar refractivity (Wildman–Crippen MR) is 113 cm³/mol. The fraction of sp³-hybridized carbons (Fsp3) is 0.579. The molecule has 0 aliphatic heterocycles. The minimum atomic E-state index is -1.17. The number of carbonyl (C=O) groups is 8. The average Bonchev–Trinajstić information content (AvgIpc) is 2.70. The van der Waals surface area contributed by atoms with Crippen molar-refractivity contribution in [2.45, 2.75) is 57.8 Å². The van der Waals surface area contributed by atoms with E-state index in [1.54, 1.807) is 0 Å². The van der Waals surface area contributed by atoms with Gasteiger partial charge in [-0.3, -0.25) is 28.8 Å². The second-order valence-corrected chi connectivity index (χ2v) is 6.20. The lowest BCUT2D eigenvalue weighted by Gasteiger charge is -1.92. The van der Waals surface area contributed by atoms with Crippen LogP contribution in [0.4, 0.5) is 0 Å². The molecule has 36 heavy (non-hydrogen) atoms. The quantitative estimate of drug-likeness (QED) is 0.123. The monoisotopic (exact) mass is 530 g/mol. The van der Waals surface area contributed by atoms with E-state index in [1.165, 1.54) is 0 Å². The fourth-order valence-corrected chi connectivity index (χ4v) is 1.38. The van der Waals surface area contributed by atoms with Crippen LogP contribution in [0.1, 0.15) is 57.8 Å². The highest BCUT2D eigenvalue weighted by atomic mass is 16.5. The number of carboxylic acid groups (broad SMARTS) is 8. The smallest absolute Gasteiger partial charge is 0.329 e. The molecule has 0 aliphatic carbocycles. The van der Waals surface area contributed by atoms with Crippen LogP contribution in [0.25, 0.3) is 0 Å². The lowest BCUT2D eigenvalue weighted by molar-refractivity contribution is -0.149. The van der Waals surface area contributed by atoms with Crippen molar-refractivity contribution in [2.24, 2.45) is 0 Å². The molecule has 17 nitrogen and oxygen atoms in total. The zero-order valence-corrected chi connectivity index (χ0v) is 19.0.